The molecule has 4 heterocycles. The van der Waals surface area contributed by atoms with Crippen molar-refractivity contribution in [1.82, 2.24) is 20.0 Å². The van der Waals surface area contributed by atoms with E-state index >= 15 is 0 Å². The first kappa shape index (κ1) is 20.3. The van der Waals surface area contributed by atoms with E-state index < -0.39 is 17.3 Å². The van der Waals surface area contributed by atoms with Gasteiger partial charge in [0.1, 0.15) is 0 Å². The molecule has 1 aromatic carbocycles. The average Bonchev–Trinajstić information content (AvgIpc) is 3.36. The van der Waals surface area contributed by atoms with Crippen LogP contribution >= 0.6 is 0 Å². The molecule has 2 fully saturated rings. The number of carbonyl (C=O) groups excluding carboxylic acids is 1. The minimum Gasteiger partial charge on any atom is -0.369 e. The first-order valence-corrected chi connectivity index (χ1v) is 10.4. The van der Waals surface area contributed by atoms with Crippen molar-refractivity contribution in [3.05, 3.63) is 46.8 Å². The normalized spacial score (nSPS) is 26.3. The van der Waals surface area contributed by atoms with Gasteiger partial charge in [0.2, 0.25) is 0 Å². The highest BCUT2D eigenvalue weighted by molar-refractivity contribution is 5.94. The molecule has 0 spiro atoms. The number of hydrogen-bond acceptors (Lipinski definition) is 5. The molecule has 0 saturated carbocycles. The quantitative estimate of drug-likeness (QED) is 0.752. The molecule has 1 aromatic heterocycles. The van der Waals surface area contributed by atoms with Crippen LogP contribution < -0.4 is 10.6 Å². The fraction of sp³-hybridized carbons (Fsp3) is 0.524. The molecular formula is C21H25F3N6O. The van der Waals surface area contributed by atoms with Crippen LogP contribution in [-0.2, 0) is 19.1 Å². The number of likely N-dealkylation sites (N-methyl/N-ethyl adjacent to an activating group) is 1. The molecule has 7 nitrogen and oxygen atoms in total. The van der Waals surface area contributed by atoms with Crippen molar-refractivity contribution in [1.29, 1.82) is 0 Å². The lowest BCUT2D eigenvalue weighted by Gasteiger charge is -2.28. The number of aromatic amines is 1. The van der Waals surface area contributed by atoms with E-state index in [2.05, 4.69) is 15.1 Å². The molecule has 0 radical (unpaired) electrons. The van der Waals surface area contributed by atoms with Crippen LogP contribution in [0, 0.1) is 5.92 Å². The lowest BCUT2D eigenvalue weighted by molar-refractivity contribution is -0.137. The molecule has 0 bridgehead atoms. The predicted octanol–water partition coefficient (Wildman–Crippen LogP) is 1.71. The smallest absolute Gasteiger partial charge is 0.369 e. The number of anilines is 1. The molecule has 166 valence electrons. The van der Waals surface area contributed by atoms with E-state index in [1.165, 1.54) is 12.1 Å². The van der Waals surface area contributed by atoms with Crippen LogP contribution in [0.1, 0.15) is 27.3 Å². The molecule has 3 aliphatic heterocycles. The van der Waals surface area contributed by atoms with Gasteiger partial charge in [-0.3, -0.25) is 9.89 Å². The van der Waals surface area contributed by atoms with Gasteiger partial charge in [-0.1, -0.05) is 12.1 Å². The zero-order chi connectivity index (χ0) is 22.0. The number of nitrogens with two attached hydrogens (primary N) is 1. The standard InChI is InChI=1S/C21H25F3N6O/c1-28-7-6-14-16(10-28)26-27-18(14)19(31)30-9-13-8-29(11-20(13,25)12-30)17-5-3-2-4-15(17)21(22,23)24/h2-5,13H,6-12,25H2,1H3,(H,26,27)/t13-,20-/m0/s1. The maximum Gasteiger partial charge on any atom is 0.418 e. The maximum absolute atomic E-state index is 13.5. The summed E-state index contributed by atoms with van der Waals surface area (Å²) < 4.78 is 40.4. The Kier molecular flexibility index (Phi) is 4.56. The summed E-state index contributed by atoms with van der Waals surface area (Å²) in [5, 5.41) is 7.26. The number of halogens is 3. The summed E-state index contributed by atoms with van der Waals surface area (Å²) in [6.07, 6.45) is -3.67. The van der Waals surface area contributed by atoms with Crippen LogP contribution in [0.3, 0.4) is 0 Å². The fourth-order valence-corrected chi connectivity index (χ4v) is 5.21. The van der Waals surface area contributed by atoms with Crippen molar-refractivity contribution < 1.29 is 18.0 Å². The minimum absolute atomic E-state index is 0.0985. The van der Waals surface area contributed by atoms with Gasteiger partial charge in [0.25, 0.3) is 5.91 Å². The third-order valence-corrected chi connectivity index (χ3v) is 6.83. The zero-order valence-electron chi connectivity index (χ0n) is 17.2. The van der Waals surface area contributed by atoms with Crippen LogP contribution in [-0.4, -0.2) is 71.2 Å². The number of carbonyl (C=O) groups is 1. The largest absolute Gasteiger partial charge is 0.418 e. The average molecular weight is 434 g/mol. The Bertz CT molecular complexity index is 1020. The highest BCUT2D eigenvalue weighted by Gasteiger charge is 2.52. The van der Waals surface area contributed by atoms with Gasteiger partial charge in [0.15, 0.2) is 5.69 Å². The van der Waals surface area contributed by atoms with Gasteiger partial charge in [-0.25, -0.2) is 0 Å². The molecule has 0 aliphatic carbocycles. The summed E-state index contributed by atoms with van der Waals surface area (Å²) >= 11 is 0. The number of hydrogen-bond donors (Lipinski definition) is 2. The summed E-state index contributed by atoms with van der Waals surface area (Å²) in [6.45, 7) is 2.98. The molecule has 3 aliphatic rings. The van der Waals surface area contributed by atoms with E-state index in [1.54, 1.807) is 15.9 Å². The van der Waals surface area contributed by atoms with Crippen LogP contribution in [0.15, 0.2) is 24.3 Å². The van der Waals surface area contributed by atoms with E-state index in [-0.39, 0.29) is 24.1 Å². The number of amides is 1. The zero-order valence-corrected chi connectivity index (χ0v) is 17.2. The summed E-state index contributed by atoms with van der Waals surface area (Å²) in [7, 11) is 2.02. The Morgan fingerprint density at radius 1 is 1.26 bits per heavy atom. The molecule has 5 rings (SSSR count). The molecule has 2 atom stereocenters. The molecule has 10 heteroatoms. The van der Waals surface area contributed by atoms with Gasteiger partial charge in [-0.15, -0.1) is 0 Å². The molecule has 2 saturated heterocycles. The number of para-hydroxylation sites is 1. The Morgan fingerprint density at radius 3 is 2.77 bits per heavy atom. The van der Waals surface area contributed by atoms with Crippen LogP contribution in [0.4, 0.5) is 18.9 Å². The van der Waals surface area contributed by atoms with E-state index in [0.717, 1.165) is 36.8 Å². The number of rotatable bonds is 2. The van der Waals surface area contributed by atoms with Gasteiger partial charge >= 0.3 is 6.18 Å². The van der Waals surface area contributed by atoms with Gasteiger partial charge in [-0.05, 0) is 25.6 Å². The van der Waals surface area contributed by atoms with E-state index in [9.17, 15) is 18.0 Å². The number of nitrogens with zero attached hydrogens (tertiary/aromatic N) is 4. The predicted molar refractivity (Wildman–Crippen MR) is 109 cm³/mol. The second kappa shape index (κ2) is 6.96. The number of aromatic nitrogens is 2. The third kappa shape index (κ3) is 3.38. The Balaban J connectivity index is 1.33. The number of nitrogens with one attached hydrogen (secondary N) is 1. The Hall–Kier alpha value is -2.59. The summed E-state index contributed by atoms with van der Waals surface area (Å²) in [5.41, 5.74) is 7.77. The third-order valence-electron chi connectivity index (χ3n) is 6.83. The number of benzene rings is 1. The topological polar surface area (TPSA) is 81.5 Å². The van der Waals surface area contributed by atoms with E-state index in [4.69, 9.17) is 5.73 Å². The minimum atomic E-state index is -4.43. The summed E-state index contributed by atoms with van der Waals surface area (Å²) in [5.74, 6) is -0.248. The summed E-state index contributed by atoms with van der Waals surface area (Å²) in [4.78, 5) is 18.8. The van der Waals surface area contributed by atoms with Crippen LogP contribution in [0.2, 0.25) is 0 Å². The van der Waals surface area contributed by atoms with E-state index in [1.807, 2.05) is 7.05 Å². The molecular weight excluding hydrogens is 409 g/mol. The lowest BCUT2D eigenvalue weighted by Crippen LogP contribution is -2.49. The maximum atomic E-state index is 13.5. The van der Waals surface area contributed by atoms with Gasteiger partial charge in [-0.2, -0.15) is 18.3 Å². The van der Waals surface area contributed by atoms with E-state index in [0.29, 0.717) is 25.3 Å². The van der Waals surface area contributed by atoms with Crippen molar-refractivity contribution in [2.75, 3.05) is 44.7 Å². The molecule has 0 unspecified atom stereocenters. The molecule has 3 N–H and O–H groups in total. The number of likely N-dealkylation sites (tertiary alicyclic amines) is 1. The Labute approximate surface area is 178 Å². The van der Waals surface area contributed by atoms with Crippen molar-refractivity contribution in [3.8, 4) is 0 Å². The molecule has 31 heavy (non-hydrogen) atoms. The Morgan fingerprint density at radius 2 is 2.03 bits per heavy atom. The van der Waals surface area contributed by atoms with Gasteiger partial charge in [0, 0.05) is 56.4 Å². The second-order valence-corrected chi connectivity index (χ2v) is 9.03. The first-order valence-electron chi connectivity index (χ1n) is 10.4. The van der Waals surface area contributed by atoms with Crippen molar-refractivity contribution in [3.63, 3.8) is 0 Å². The van der Waals surface area contributed by atoms with Gasteiger partial charge in [0.05, 0.1) is 16.8 Å². The monoisotopic (exact) mass is 434 g/mol. The molecule has 1 amide bonds. The van der Waals surface area contributed by atoms with Crippen LogP contribution in [0.25, 0.3) is 0 Å². The SMILES string of the molecule is CN1CCc2c(C(=O)N3C[C@@H]4CN(c5ccccc5C(F)(F)F)C[C@]4(N)C3)n[nH]c2C1. The number of fused-ring (bicyclic) bond motifs is 2. The fourth-order valence-electron chi connectivity index (χ4n) is 5.21. The number of H-pyrrole nitrogens is 1. The second-order valence-electron chi connectivity index (χ2n) is 9.03. The number of alkyl halides is 3. The van der Waals surface area contributed by atoms with Crippen LogP contribution in [0.5, 0.6) is 0 Å². The van der Waals surface area contributed by atoms with Crippen molar-refractivity contribution >= 4 is 11.6 Å². The van der Waals surface area contributed by atoms with Crippen molar-refractivity contribution in [2.45, 2.75) is 24.7 Å². The highest BCUT2D eigenvalue weighted by Crippen LogP contribution is 2.41. The summed E-state index contributed by atoms with van der Waals surface area (Å²) in [6, 6.07) is 5.59. The molecule has 2 aromatic rings. The van der Waals surface area contributed by atoms with Gasteiger partial charge < -0.3 is 20.4 Å². The highest BCUT2D eigenvalue weighted by atomic mass is 19.4. The van der Waals surface area contributed by atoms with Crippen molar-refractivity contribution in [2.24, 2.45) is 11.7 Å². The lowest BCUT2D eigenvalue weighted by atomic mass is 9.92. The first-order chi connectivity index (χ1) is 14.7.